The molecule has 1 aromatic rings. The highest BCUT2D eigenvalue weighted by Gasteiger charge is 2.47. The molecule has 1 heterocycles. The highest BCUT2D eigenvalue weighted by atomic mass is 19.1. The molecule has 1 aromatic carbocycles. The Morgan fingerprint density at radius 3 is 2.41 bits per heavy atom. The van der Waals surface area contributed by atoms with Crippen molar-refractivity contribution in [1.82, 2.24) is 4.90 Å². The van der Waals surface area contributed by atoms with Crippen molar-refractivity contribution >= 4 is 5.91 Å². The molecule has 17 heavy (non-hydrogen) atoms. The monoisotopic (exact) mass is 237 g/mol. The average Bonchev–Trinajstić information content (AvgIpc) is 3.11. The fourth-order valence-electron chi connectivity index (χ4n) is 1.92. The Labute approximate surface area is 100 Å². The van der Waals surface area contributed by atoms with Gasteiger partial charge in [-0.15, -0.1) is 0 Å². The fourth-order valence-corrected chi connectivity index (χ4v) is 1.92. The van der Waals surface area contributed by atoms with Crippen molar-refractivity contribution in [2.24, 2.45) is 0 Å². The van der Waals surface area contributed by atoms with Crippen LogP contribution in [-0.2, 0) is 9.53 Å². The molecule has 0 saturated carbocycles. The number of epoxide rings is 1. The molecular formula is C13H16FNO2. The van der Waals surface area contributed by atoms with E-state index in [1.54, 1.807) is 17.0 Å². The molecule has 1 amide bonds. The van der Waals surface area contributed by atoms with E-state index in [9.17, 15) is 9.18 Å². The number of rotatable bonds is 4. The van der Waals surface area contributed by atoms with Crippen LogP contribution in [-0.4, -0.2) is 30.0 Å². The number of amides is 1. The maximum absolute atomic E-state index is 12.7. The van der Waals surface area contributed by atoms with Crippen LogP contribution >= 0.6 is 0 Å². The summed E-state index contributed by atoms with van der Waals surface area (Å²) < 4.78 is 18.1. The third kappa shape index (κ3) is 2.47. The number of halogens is 1. The van der Waals surface area contributed by atoms with Crippen LogP contribution in [0.5, 0.6) is 0 Å². The second-order valence-corrected chi connectivity index (χ2v) is 4.04. The van der Waals surface area contributed by atoms with Crippen molar-refractivity contribution in [3.63, 3.8) is 0 Å². The van der Waals surface area contributed by atoms with Gasteiger partial charge in [0.25, 0.3) is 5.91 Å². The van der Waals surface area contributed by atoms with Crippen LogP contribution in [0.15, 0.2) is 24.3 Å². The van der Waals surface area contributed by atoms with E-state index in [0.29, 0.717) is 13.1 Å². The summed E-state index contributed by atoms with van der Waals surface area (Å²) in [6, 6.07) is 6.09. The van der Waals surface area contributed by atoms with E-state index >= 15 is 0 Å². The zero-order valence-electron chi connectivity index (χ0n) is 10.0. The molecule has 2 atom stereocenters. The van der Waals surface area contributed by atoms with Gasteiger partial charge in [0.15, 0.2) is 6.10 Å². The van der Waals surface area contributed by atoms with Gasteiger partial charge in [0.2, 0.25) is 0 Å². The molecule has 1 aliphatic rings. The molecule has 4 heteroatoms. The maximum atomic E-state index is 12.7. The number of nitrogens with zero attached hydrogens (tertiary/aromatic N) is 1. The van der Waals surface area contributed by atoms with Gasteiger partial charge in [-0.2, -0.15) is 0 Å². The second kappa shape index (κ2) is 4.84. The number of likely N-dealkylation sites (N-methyl/N-ethyl adjacent to an activating group) is 1. The molecule has 2 rings (SSSR count). The number of ether oxygens (including phenoxy) is 1. The first-order valence-electron chi connectivity index (χ1n) is 5.87. The molecule has 0 unspecified atom stereocenters. The van der Waals surface area contributed by atoms with Crippen molar-refractivity contribution in [1.29, 1.82) is 0 Å². The Balaban J connectivity index is 2.00. The van der Waals surface area contributed by atoms with Gasteiger partial charge in [-0.1, -0.05) is 12.1 Å². The Kier molecular flexibility index (Phi) is 3.43. The SMILES string of the molecule is CCN(CC)C(=O)[C@@H]1O[C@H]1c1ccc(F)cc1. The quantitative estimate of drug-likeness (QED) is 0.751. The summed E-state index contributed by atoms with van der Waals surface area (Å²) in [5.74, 6) is -0.259. The van der Waals surface area contributed by atoms with Crippen LogP contribution in [0.3, 0.4) is 0 Å². The number of carbonyl (C=O) groups excluding carboxylic acids is 1. The average molecular weight is 237 g/mol. The lowest BCUT2D eigenvalue weighted by Gasteiger charge is -2.16. The van der Waals surface area contributed by atoms with Gasteiger partial charge in [0, 0.05) is 13.1 Å². The molecule has 0 spiro atoms. The van der Waals surface area contributed by atoms with E-state index < -0.39 is 0 Å². The molecule has 1 fully saturated rings. The number of carbonyl (C=O) groups is 1. The lowest BCUT2D eigenvalue weighted by atomic mass is 10.1. The highest BCUT2D eigenvalue weighted by molar-refractivity contribution is 5.84. The van der Waals surface area contributed by atoms with Crippen molar-refractivity contribution in [3.8, 4) is 0 Å². The molecule has 0 N–H and O–H groups in total. The van der Waals surface area contributed by atoms with Gasteiger partial charge in [-0.25, -0.2) is 4.39 Å². The predicted octanol–water partition coefficient (Wildman–Crippen LogP) is 2.13. The first-order chi connectivity index (χ1) is 8.17. The normalized spacial score (nSPS) is 22.3. The van der Waals surface area contributed by atoms with E-state index in [2.05, 4.69) is 0 Å². The highest BCUT2D eigenvalue weighted by Crippen LogP contribution is 2.39. The minimum absolute atomic E-state index is 0.0179. The van der Waals surface area contributed by atoms with E-state index in [1.165, 1.54) is 12.1 Å². The lowest BCUT2D eigenvalue weighted by Crippen LogP contribution is -2.34. The van der Waals surface area contributed by atoms with Crippen molar-refractivity contribution in [2.45, 2.75) is 26.1 Å². The standard InChI is InChI=1S/C13H16FNO2/c1-3-15(4-2)13(16)12-11(17-12)9-5-7-10(14)8-6-9/h5-8,11-12H,3-4H2,1-2H3/t11-,12+/m0/s1. The van der Waals surface area contributed by atoms with E-state index in [1.807, 2.05) is 13.8 Å². The fraction of sp³-hybridized carbons (Fsp3) is 0.462. The summed E-state index contributed by atoms with van der Waals surface area (Å²) in [7, 11) is 0. The van der Waals surface area contributed by atoms with Crippen LogP contribution in [0.1, 0.15) is 25.5 Å². The van der Waals surface area contributed by atoms with E-state index in [-0.39, 0.29) is 23.9 Å². The van der Waals surface area contributed by atoms with Gasteiger partial charge in [0.1, 0.15) is 11.9 Å². The number of hydrogen-bond donors (Lipinski definition) is 0. The van der Waals surface area contributed by atoms with Gasteiger partial charge >= 0.3 is 0 Å². The summed E-state index contributed by atoms with van der Waals surface area (Å²) in [6.07, 6.45) is -0.593. The summed E-state index contributed by atoms with van der Waals surface area (Å²) in [4.78, 5) is 13.7. The minimum Gasteiger partial charge on any atom is -0.354 e. The Bertz CT molecular complexity index is 400. The Morgan fingerprint density at radius 1 is 1.29 bits per heavy atom. The molecule has 1 saturated heterocycles. The van der Waals surface area contributed by atoms with Crippen LogP contribution < -0.4 is 0 Å². The first kappa shape index (κ1) is 12.0. The molecule has 0 aromatic heterocycles. The zero-order chi connectivity index (χ0) is 12.4. The Morgan fingerprint density at radius 2 is 1.88 bits per heavy atom. The maximum Gasteiger partial charge on any atom is 0.254 e. The molecule has 92 valence electrons. The van der Waals surface area contributed by atoms with E-state index in [4.69, 9.17) is 4.74 Å². The van der Waals surface area contributed by atoms with E-state index in [0.717, 1.165) is 5.56 Å². The van der Waals surface area contributed by atoms with Crippen LogP contribution in [0.4, 0.5) is 4.39 Å². The largest absolute Gasteiger partial charge is 0.354 e. The molecule has 0 bridgehead atoms. The summed E-state index contributed by atoms with van der Waals surface area (Å²) in [5, 5.41) is 0. The number of benzene rings is 1. The zero-order valence-corrected chi connectivity index (χ0v) is 10.0. The van der Waals surface area contributed by atoms with Crippen LogP contribution in [0.25, 0.3) is 0 Å². The summed E-state index contributed by atoms with van der Waals surface area (Å²) in [5.41, 5.74) is 0.858. The first-order valence-corrected chi connectivity index (χ1v) is 5.87. The van der Waals surface area contributed by atoms with Crippen molar-refractivity contribution in [2.75, 3.05) is 13.1 Å². The van der Waals surface area contributed by atoms with Crippen LogP contribution in [0, 0.1) is 5.82 Å². The molecule has 3 nitrogen and oxygen atoms in total. The molecule has 1 aliphatic heterocycles. The number of hydrogen-bond acceptors (Lipinski definition) is 2. The van der Waals surface area contributed by atoms with Gasteiger partial charge in [-0.3, -0.25) is 4.79 Å². The van der Waals surface area contributed by atoms with Gasteiger partial charge < -0.3 is 9.64 Å². The predicted molar refractivity (Wildman–Crippen MR) is 61.9 cm³/mol. The lowest BCUT2D eigenvalue weighted by molar-refractivity contribution is -0.132. The third-order valence-electron chi connectivity index (χ3n) is 3.01. The topological polar surface area (TPSA) is 32.8 Å². The van der Waals surface area contributed by atoms with Gasteiger partial charge in [0.05, 0.1) is 0 Å². The molecular weight excluding hydrogens is 221 g/mol. The third-order valence-corrected chi connectivity index (χ3v) is 3.01. The molecule has 0 aliphatic carbocycles. The van der Waals surface area contributed by atoms with Crippen molar-refractivity contribution in [3.05, 3.63) is 35.6 Å². The summed E-state index contributed by atoms with van der Waals surface area (Å²) in [6.45, 7) is 5.25. The smallest absolute Gasteiger partial charge is 0.254 e. The Hall–Kier alpha value is -1.42. The molecule has 0 radical (unpaired) electrons. The second-order valence-electron chi connectivity index (χ2n) is 4.04. The summed E-state index contributed by atoms with van der Waals surface area (Å²) >= 11 is 0. The minimum atomic E-state index is -0.389. The van der Waals surface area contributed by atoms with Crippen LogP contribution in [0.2, 0.25) is 0 Å². The van der Waals surface area contributed by atoms with Crippen molar-refractivity contribution < 1.29 is 13.9 Å². The van der Waals surface area contributed by atoms with Gasteiger partial charge in [-0.05, 0) is 31.5 Å².